The van der Waals surface area contributed by atoms with Crippen LogP contribution in [0.25, 0.3) is 4.95 Å². The average Bonchev–Trinajstić information content (AvgIpc) is 1.35. The standard InChI is InChI=1S/C2H2N2S2.2K/c1-3-4-2(5)6;;/h(H2,4,5,6);;/q;2*+1/p-2. The van der Waals surface area contributed by atoms with Gasteiger partial charge in [-0.25, -0.2) is 0 Å². The molecule has 6 heteroatoms. The van der Waals surface area contributed by atoms with Crippen molar-refractivity contribution in [3.05, 3.63) is 11.5 Å². The van der Waals surface area contributed by atoms with Gasteiger partial charge in [-0.2, -0.15) is 10.9 Å². The molecule has 2 nitrogen and oxygen atoms in total. The summed E-state index contributed by atoms with van der Waals surface area (Å²) in [5.41, 5.74) is 0. The van der Waals surface area contributed by atoms with Crippen LogP contribution in [0.1, 0.15) is 0 Å². The summed E-state index contributed by atoms with van der Waals surface area (Å²) in [7, 11) is 0. The average molecular weight is 194 g/mol. The summed E-state index contributed by atoms with van der Waals surface area (Å²) in [5.74, 6) is 0. The van der Waals surface area contributed by atoms with Crippen molar-refractivity contribution in [2.24, 2.45) is 5.10 Å². The van der Waals surface area contributed by atoms with Gasteiger partial charge in [-0.3, -0.25) is 0 Å². The SMILES string of the molecule is [C-]#[N+]N=C([S-])[S-].[K+].[K+]. The van der Waals surface area contributed by atoms with Crippen LogP contribution in [0.4, 0.5) is 0 Å². The van der Waals surface area contributed by atoms with Gasteiger partial charge in [0, 0.05) is 5.10 Å². The molecular formula is C2K2N2S2. The van der Waals surface area contributed by atoms with Gasteiger partial charge >= 0.3 is 103 Å². The molecule has 0 aliphatic carbocycles. The van der Waals surface area contributed by atoms with E-state index in [1.54, 1.807) is 0 Å². The Morgan fingerprint density at radius 2 is 1.75 bits per heavy atom. The van der Waals surface area contributed by atoms with Crippen molar-refractivity contribution in [3.63, 3.8) is 0 Å². The fourth-order valence-corrected chi connectivity index (χ4v) is 0.122. The molecule has 0 amide bonds. The summed E-state index contributed by atoms with van der Waals surface area (Å²) in [6, 6.07) is 0. The Hall–Kier alpha value is 2.87. The Labute approximate surface area is 145 Å². The van der Waals surface area contributed by atoms with E-state index in [1.807, 2.05) is 0 Å². The number of nitrogens with zero attached hydrogens (tertiary/aromatic N) is 2. The molecule has 0 aliphatic rings. The largest absolute Gasteiger partial charge is 1.00 e. The van der Waals surface area contributed by atoms with E-state index >= 15 is 0 Å². The van der Waals surface area contributed by atoms with Gasteiger partial charge in [-0.15, -0.1) is 4.95 Å². The van der Waals surface area contributed by atoms with Crippen molar-refractivity contribution in [2.75, 3.05) is 0 Å². The maximum absolute atomic E-state index is 6.04. The van der Waals surface area contributed by atoms with Crippen molar-refractivity contribution in [1.29, 1.82) is 0 Å². The Morgan fingerprint density at radius 3 is 1.75 bits per heavy atom. The third-order valence-corrected chi connectivity index (χ3v) is 0.295. The number of hydrogen-bond acceptors (Lipinski definition) is 3. The Morgan fingerprint density at radius 1 is 1.38 bits per heavy atom. The van der Waals surface area contributed by atoms with E-state index in [4.69, 9.17) is 6.57 Å². The van der Waals surface area contributed by atoms with Gasteiger partial charge in [0.15, 0.2) is 0 Å². The smallest absolute Gasteiger partial charge is 0.782 e. The molecule has 0 aliphatic heterocycles. The quantitative estimate of drug-likeness (QED) is 0.0955. The molecule has 0 saturated carbocycles. The number of hydrogen-bond donors (Lipinski definition) is 0. The maximum Gasteiger partial charge on any atom is 1.00 e. The molecule has 0 unspecified atom stereocenters. The second-order valence-corrected chi connectivity index (χ2v) is 1.50. The monoisotopic (exact) mass is 194 g/mol. The minimum Gasteiger partial charge on any atom is -0.782 e. The zero-order valence-electron chi connectivity index (χ0n) is 4.71. The first kappa shape index (κ1) is 17.1. The predicted octanol–water partition coefficient (Wildman–Crippen LogP) is -5.72. The molecule has 0 atom stereocenters. The fourth-order valence-electron chi connectivity index (χ4n) is 0.0408. The molecule has 0 bridgehead atoms. The molecule has 32 valence electrons. The van der Waals surface area contributed by atoms with Gasteiger partial charge in [-0.05, 0) is 0 Å². The zero-order chi connectivity index (χ0) is 4.99. The van der Waals surface area contributed by atoms with Crippen LogP contribution in [-0.2, 0) is 25.3 Å². The van der Waals surface area contributed by atoms with E-state index in [9.17, 15) is 0 Å². The summed E-state index contributed by atoms with van der Waals surface area (Å²) in [4.78, 5) is 2.56. The molecule has 0 fully saturated rings. The van der Waals surface area contributed by atoms with Crippen LogP contribution < -0.4 is 103 Å². The third kappa shape index (κ3) is 15.9. The van der Waals surface area contributed by atoms with E-state index in [0.717, 1.165) is 0 Å². The Balaban J connectivity index is -0.000000125. The van der Waals surface area contributed by atoms with E-state index in [1.165, 1.54) is 0 Å². The van der Waals surface area contributed by atoms with Crippen LogP contribution in [0, 0.1) is 6.57 Å². The fraction of sp³-hybridized carbons (Fsp3) is 0. The number of rotatable bonds is 0. The summed E-state index contributed by atoms with van der Waals surface area (Å²) in [6.07, 6.45) is 0. The zero-order valence-corrected chi connectivity index (χ0v) is 12.6. The van der Waals surface area contributed by atoms with Gasteiger partial charge in [0.2, 0.25) is 0 Å². The molecular weight excluding hydrogens is 194 g/mol. The van der Waals surface area contributed by atoms with Gasteiger partial charge < -0.3 is 25.3 Å². The van der Waals surface area contributed by atoms with E-state index < -0.39 is 0 Å². The topological polar surface area (TPSA) is 16.7 Å². The van der Waals surface area contributed by atoms with Crippen LogP contribution >= 0.6 is 0 Å². The van der Waals surface area contributed by atoms with Crippen LogP contribution in [0.15, 0.2) is 5.10 Å². The van der Waals surface area contributed by atoms with Crippen molar-refractivity contribution in [2.45, 2.75) is 0 Å². The first-order valence-electron chi connectivity index (χ1n) is 1.06. The van der Waals surface area contributed by atoms with Gasteiger partial charge in [0.05, 0.1) is 0 Å². The Bertz CT molecular complexity index is 103. The van der Waals surface area contributed by atoms with Crippen LogP contribution in [0.5, 0.6) is 0 Å². The molecule has 0 spiro atoms. The maximum atomic E-state index is 6.04. The van der Waals surface area contributed by atoms with Gasteiger partial charge in [0.25, 0.3) is 0 Å². The summed E-state index contributed by atoms with van der Waals surface area (Å²) >= 11 is 8.46. The molecule has 0 aromatic rings. The van der Waals surface area contributed by atoms with Crippen molar-refractivity contribution < 1.29 is 103 Å². The first-order chi connectivity index (χ1) is 2.77. The normalized spacial score (nSPS) is 4.38. The minimum atomic E-state index is -0.0231. The third-order valence-electron chi connectivity index (χ3n) is 0.132. The van der Waals surface area contributed by atoms with Crippen molar-refractivity contribution in [1.82, 2.24) is 0 Å². The summed E-state index contributed by atoms with van der Waals surface area (Å²) < 4.78 is -0.0231. The molecule has 8 heavy (non-hydrogen) atoms. The van der Waals surface area contributed by atoms with E-state index in [-0.39, 0.29) is 107 Å². The van der Waals surface area contributed by atoms with Crippen LogP contribution in [0.2, 0.25) is 0 Å². The second-order valence-electron chi connectivity index (χ2n) is 0.466. The van der Waals surface area contributed by atoms with Crippen LogP contribution in [-0.4, -0.2) is 4.38 Å². The van der Waals surface area contributed by atoms with E-state index in [2.05, 4.69) is 35.3 Å². The van der Waals surface area contributed by atoms with Crippen molar-refractivity contribution >= 4 is 29.6 Å². The molecule has 0 rings (SSSR count). The molecule has 0 N–H and O–H groups in total. The summed E-state index contributed by atoms with van der Waals surface area (Å²) in [5, 5.41) is 2.96. The molecule has 0 heterocycles. The van der Waals surface area contributed by atoms with E-state index in [0.29, 0.717) is 0 Å². The second kappa shape index (κ2) is 12.5. The van der Waals surface area contributed by atoms with Gasteiger partial charge in [0.1, 0.15) is 0 Å². The predicted molar refractivity (Wildman–Crippen MR) is 28.8 cm³/mol. The van der Waals surface area contributed by atoms with Crippen molar-refractivity contribution in [3.8, 4) is 0 Å². The summed E-state index contributed by atoms with van der Waals surface area (Å²) in [6.45, 7) is 6.04. The molecule has 0 saturated heterocycles. The first-order valence-corrected chi connectivity index (χ1v) is 1.87. The minimum absolute atomic E-state index is 0. The molecule has 0 aromatic heterocycles. The Kier molecular flexibility index (Phi) is 26.8. The molecule has 0 aromatic carbocycles. The van der Waals surface area contributed by atoms with Crippen LogP contribution in [0.3, 0.4) is 0 Å². The van der Waals surface area contributed by atoms with Gasteiger partial charge in [-0.1, -0.05) is 0 Å². The molecule has 0 radical (unpaired) electrons.